The van der Waals surface area contributed by atoms with E-state index < -0.39 is 0 Å². The summed E-state index contributed by atoms with van der Waals surface area (Å²) in [5, 5.41) is 4.90. The number of fused-ring (bicyclic) bond motifs is 8. The van der Waals surface area contributed by atoms with Gasteiger partial charge in [0.05, 0.1) is 10.9 Å². The van der Waals surface area contributed by atoms with E-state index in [4.69, 9.17) is 4.42 Å². The third-order valence-electron chi connectivity index (χ3n) is 8.22. The van der Waals surface area contributed by atoms with Crippen molar-refractivity contribution >= 4 is 64.5 Å². The van der Waals surface area contributed by atoms with Gasteiger partial charge in [-0.3, -0.25) is 0 Å². The van der Waals surface area contributed by atoms with Crippen LogP contribution in [0.1, 0.15) is 0 Å². The van der Waals surface area contributed by atoms with Gasteiger partial charge in [0, 0.05) is 31.2 Å². The Bertz CT molecular complexity index is 2420. The molecule has 0 aliphatic rings. The van der Waals surface area contributed by atoms with Gasteiger partial charge in [-0.05, 0) is 64.7 Å². The zero-order chi connectivity index (χ0) is 26.9. The average Bonchev–Trinajstić information content (AvgIpc) is 3.70. The summed E-state index contributed by atoms with van der Waals surface area (Å²) in [6, 6.07) is 49.9. The van der Waals surface area contributed by atoms with Crippen LogP contribution >= 0.6 is 11.3 Å². The van der Waals surface area contributed by atoms with Gasteiger partial charge in [-0.2, -0.15) is 0 Å². The van der Waals surface area contributed by atoms with Crippen molar-refractivity contribution in [3.05, 3.63) is 140 Å². The van der Waals surface area contributed by atoms with Crippen LogP contribution in [-0.4, -0.2) is 4.57 Å². The number of furan rings is 1. The molecule has 3 heteroatoms. The second-order valence-corrected chi connectivity index (χ2v) is 11.6. The molecule has 41 heavy (non-hydrogen) atoms. The second-order valence-electron chi connectivity index (χ2n) is 10.5. The minimum Gasteiger partial charge on any atom is -0.454 e. The Morgan fingerprint density at radius 1 is 0.512 bits per heavy atom. The highest BCUT2D eigenvalue weighted by atomic mass is 32.1. The first kappa shape index (κ1) is 22.7. The number of aromatic nitrogens is 1. The Morgan fingerprint density at radius 3 is 2.12 bits per heavy atom. The fourth-order valence-electron chi connectivity index (χ4n) is 6.44. The van der Waals surface area contributed by atoms with Gasteiger partial charge in [-0.1, -0.05) is 97.1 Å². The van der Waals surface area contributed by atoms with Gasteiger partial charge in [0.1, 0.15) is 11.1 Å². The number of thiophene rings is 1. The van der Waals surface area contributed by atoms with Crippen molar-refractivity contribution in [1.82, 2.24) is 4.57 Å². The molecule has 3 heterocycles. The van der Waals surface area contributed by atoms with E-state index >= 15 is 0 Å². The van der Waals surface area contributed by atoms with Crippen LogP contribution in [0.2, 0.25) is 0 Å². The number of nitrogens with zero attached hydrogens (tertiary/aromatic N) is 1. The van der Waals surface area contributed by atoms with E-state index in [0.29, 0.717) is 0 Å². The quantitative estimate of drug-likeness (QED) is 0.217. The van der Waals surface area contributed by atoms with E-state index in [-0.39, 0.29) is 0 Å². The van der Waals surface area contributed by atoms with Crippen LogP contribution in [-0.2, 0) is 0 Å². The summed E-state index contributed by atoms with van der Waals surface area (Å²) in [6.07, 6.45) is 0. The normalized spacial score (nSPS) is 11.9. The molecule has 0 bridgehead atoms. The van der Waals surface area contributed by atoms with Crippen LogP contribution < -0.4 is 0 Å². The lowest BCUT2D eigenvalue weighted by molar-refractivity contribution is 0.673. The molecule has 0 spiro atoms. The Balaban J connectivity index is 1.35. The molecule has 0 N–H and O–H groups in total. The van der Waals surface area contributed by atoms with Crippen molar-refractivity contribution in [2.75, 3.05) is 0 Å². The number of hydrogen-bond acceptors (Lipinski definition) is 2. The van der Waals surface area contributed by atoms with E-state index in [1.807, 2.05) is 11.3 Å². The van der Waals surface area contributed by atoms with Crippen LogP contribution in [0.25, 0.3) is 81.1 Å². The fraction of sp³-hybridized carbons (Fsp3) is 0. The maximum atomic E-state index is 6.65. The highest BCUT2D eigenvalue weighted by Gasteiger charge is 2.22. The summed E-state index contributed by atoms with van der Waals surface area (Å²) >= 11 is 1.86. The van der Waals surface area contributed by atoms with Crippen molar-refractivity contribution in [2.24, 2.45) is 0 Å². The molecule has 192 valence electrons. The van der Waals surface area contributed by atoms with E-state index in [1.165, 1.54) is 42.4 Å². The molecule has 6 aromatic carbocycles. The van der Waals surface area contributed by atoms with E-state index in [1.54, 1.807) is 0 Å². The number of para-hydroxylation sites is 2. The molecular formula is C38H23NOS. The fourth-order valence-corrected chi connectivity index (χ4v) is 7.59. The van der Waals surface area contributed by atoms with Crippen LogP contribution in [0.3, 0.4) is 0 Å². The summed E-state index contributed by atoms with van der Waals surface area (Å²) in [5.74, 6) is 0. The smallest absolute Gasteiger partial charge is 0.161 e. The standard InChI is InChI=1S/C38H23NOS/c1-2-11-25(12-3-1)39-32-18-8-6-16-31(32)38-37(39)36-30(17-10-19-33(36)40-38)27-14-5-4-13-26(27)24-21-22-29-28-15-7-9-20-34(28)41-35(29)23-24/h1-23H. The highest BCUT2D eigenvalue weighted by Crippen LogP contribution is 2.45. The third-order valence-corrected chi connectivity index (χ3v) is 9.36. The Kier molecular flexibility index (Phi) is 4.80. The summed E-state index contributed by atoms with van der Waals surface area (Å²) in [6.45, 7) is 0. The van der Waals surface area contributed by atoms with E-state index in [9.17, 15) is 0 Å². The van der Waals surface area contributed by atoms with E-state index in [2.05, 4.69) is 144 Å². The molecule has 3 aromatic heterocycles. The largest absolute Gasteiger partial charge is 0.454 e. The zero-order valence-corrected chi connectivity index (χ0v) is 22.9. The topological polar surface area (TPSA) is 18.1 Å². The molecule has 0 amide bonds. The van der Waals surface area contributed by atoms with Crippen molar-refractivity contribution in [3.63, 3.8) is 0 Å². The van der Waals surface area contributed by atoms with Gasteiger partial charge in [0.25, 0.3) is 0 Å². The van der Waals surface area contributed by atoms with Crippen LogP contribution in [0.4, 0.5) is 0 Å². The summed E-state index contributed by atoms with van der Waals surface area (Å²) in [7, 11) is 0. The number of hydrogen-bond donors (Lipinski definition) is 0. The van der Waals surface area contributed by atoms with Crippen LogP contribution in [0.15, 0.2) is 144 Å². The zero-order valence-electron chi connectivity index (χ0n) is 22.0. The monoisotopic (exact) mass is 541 g/mol. The average molecular weight is 542 g/mol. The van der Waals surface area contributed by atoms with Crippen LogP contribution in [0.5, 0.6) is 0 Å². The molecule has 2 nitrogen and oxygen atoms in total. The Morgan fingerprint density at radius 2 is 1.22 bits per heavy atom. The molecule has 0 saturated heterocycles. The minimum absolute atomic E-state index is 0.901. The molecule has 9 aromatic rings. The molecule has 0 unspecified atom stereocenters. The van der Waals surface area contributed by atoms with Crippen molar-refractivity contribution < 1.29 is 4.42 Å². The lowest BCUT2D eigenvalue weighted by Crippen LogP contribution is -1.94. The van der Waals surface area contributed by atoms with Crippen molar-refractivity contribution in [1.29, 1.82) is 0 Å². The van der Waals surface area contributed by atoms with Gasteiger partial charge in [-0.15, -0.1) is 11.3 Å². The predicted octanol–water partition coefficient (Wildman–Crippen LogP) is 11.2. The van der Waals surface area contributed by atoms with Gasteiger partial charge >= 0.3 is 0 Å². The molecular weight excluding hydrogens is 518 g/mol. The number of benzene rings is 6. The van der Waals surface area contributed by atoms with E-state index in [0.717, 1.165) is 38.7 Å². The summed E-state index contributed by atoms with van der Waals surface area (Å²) in [4.78, 5) is 0. The maximum Gasteiger partial charge on any atom is 0.161 e. The SMILES string of the molecule is c1ccc(-n2c3ccccc3c3oc4cccc(-c5ccccc5-c5ccc6c(c5)sc5ccccc56)c4c32)cc1. The first-order chi connectivity index (χ1) is 20.3. The first-order valence-corrected chi connectivity index (χ1v) is 14.7. The van der Waals surface area contributed by atoms with Gasteiger partial charge in [0.2, 0.25) is 0 Å². The molecule has 0 atom stereocenters. The summed E-state index contributed by atoms with van der Waals surface area (Å²) in [5.41, 5.74) is 10.0. The second kappa shape index (κ2) is 8.69. The predicted molar refractivity (Wildman–Crippen MR) is 174 cm³/mol. The Labute approximate surface area is 240 Å². The van der Waals surface area contributed by atoms with Gasteiger partial charge in [-0.25, -0.2) is 0 Å². The lowest BCUT2D eigenvalue weighted by Gasteiger charge is -2.13. The lowest BCUT2D eigenvalue weighted by atomic mass is 9.92. The maximum absolute atomic E-state index is 6.65. The Hall–Kier alpha value is -5.12. The number of rotatable bonds is 3. The third kappa shape index (κ3) is 3.30. The first-order valence-electron chi connectivity index (χ1n) is 13.9. The molecule has 0 radical (unpaired) electrons. The molecule has 0 fully saturated rings. The van der Waals surface area contributed by atoms with Crippen molar-refractivity contribution in [2.45, 2.75) is 0 Å². The molecule has 9 rings (SSSR count). The molecule has 0 aliphatic carbocycles. The van der Waals surface area contributed by atoms with Gasteiger partial charge < -0.3 is 8.98 Å². The molecule has 0 aliphatic heterocycles. The van der Waals surface area contributed by atoms with Crippen molar-refractivity contribution in [3.8, 4) is 27.9 Å². The minimum atomic E-state index is 0.901. The summed E-state index contributed by atoms with van der Waals surface area (Å²) < 4.78 is 11.6. The van der Waals surface area contributed by atoms with Gasteiger partial charge in [0.15, 0.2) is 5.58 Å². The molecule has 0 saturated carbocycles. The highest BCUT2D eigenvalue weighted by molar-refractivity contribution is 7.25. The van der Waals surface area contributed by atoms with Crippen LogP contribution in [0, 0.1) is 0 Å².